The Labute approximate surface area is 135 Å². The molecule has 3 N–H and O–H groups in total. The lowest BCUT2D eigenvalue weighted by atomic mass is 10.2. The normalized spacial score (nSPS) is 12.0. The molecule has 1 unspecified atom stereocenters. The number of carbonyl (C=O) groups excluding carboxylic acids is 1. The molecular weight excluding hydrogens is 294 g/mol. The summed E-state index contributed by atoms with van der Waals surface area (Å²) < 4.78 is 7.27. The zero-order valence-electron chi connectivity index (χ0n) is 13.5. The summed E-state index contributed by atoms with van der Waals surface area (Å²) in [5.41, 5.74) is 6.71. The van der Waals surface area contributed by atoms with E-state index >= 15 is 0 Å². The van der Waals surface area contributed by atoms with Crippen LogP contribution in [0.5, 0.6) is 5.75 Å². The van der Waals surface area contributed by atoms with Gasteiger partial charge in [-0.1, -0.05) is 24.3 Å². The standard InChI is InChI=1S/C16H23N5O2/c1-3-12(2)23-14-6-4-13(5-7-14)10-18-16(22)15-11-21(9-8-17)20-19-15/h4-7,11-12H,3,8-10,17H2,1-2H3,(H,18,22). The maximum atomic E-state index is 12.0. The molecule has 1 aromatic heterocycles. The number of aromatic nitrogens is 3. The van der Waals surface area contributed by atoms with Gasteiger partial charge < -0.3 is 15.8 Å². The Kier molecular flexibility index (Phi) is 6.10. The molecule has 1 aromatic carbocycles. The first-order chi connectivity index (χ1) is 11.1. The predicted molar refractivity (Wildman–Crippen MR) is 87.1 cm³/mol. The first kappa shape index (κ1) is 17.0. The molecule has 2 rings (SSSR count). The van der Waals surface area contributed by atoms with Crippen molar-refractivity contribution in [2.24, 2.45) is 5.73 Å². The highest BCUT2D eigenvalue weighted by molar-refractivity contribution is 5.91. The van der Waals surface area contributed by atoms with Gasteiger partial charge in [0, 0.05) is 13.1 Å². The summed E-state index contributed by atoms with van der Waals surface area (Å²) in [6, 6.07) is 7.68. The number of ether oxygens (including phenoxy) is 1. The Balaban J connectivity index is 1.86. The lowest BCUT2D eigenvalue weighted by Gasteiger charge is -2.12. The van der Waals surface area contributed by atoms with Gasteiger partial charge in [0.2, 0.25) is 0 Å². The maximum absolute atomic E-state index is 12.0. The van der Waals surface area contributed by atoms with E-state index in [1.54, 1.807) is 10.9 Å². The number of nitrogens with two attached hydrogens (primary N) is 1. The minimum atomic E-state index is -0.256. The Morgan fingerprint density at radius 3 is 2.78 bits per heavy atom. The van der Waals surface area contributed by atoms with Crippen LogP contribution in [-0.2, 0) is 13.1 Å². The Hall–Kier alpha value is -2.41. The first-order valence-electron chi connectivity index (χ1n) is 7.76. The van der Waals surface area contributed by atoms with Crippen LogP contribution < -0.4 is 15.8 Å². The summed E-state index contributed by atoms with van der Waals surface area (Å²) in [5, 5.41) is 10.5. The van der Waals surface area contributed by atoms with Crippen LogP contribution >= 0.6 is 0 Å². The zero-order chi connectivity index (χ0) is 16.7. The first-order valence-corrected chi connectivity index (χ1v) is 7.76. The molecule has 7 nitrogen and oxygen atoms in total. The number of carbonyl (C=O) groups is 1. The quantitative estimate of drug-likeness (QED) is 0.766. The summed E-state index contributed by atoms with van der Waals surface area (Å²) in [7, 11) is 0. The third kappa shape index (κ3) is 5.07. The van der Waals surface area contributed by atoms with E-state index in [1.807, 2.05) is 31.2 Å². The molecule has 0 saturated carbocycles. The molecule has 1 heterocycles. The van der Waals surface area contributed by atoms with Gasteiger partial charge in [-0.3, -0.25) is 9.48 Å². The molecule has 1 atom stereocenters. The van der Waals surface area contributed by atoms with Gasteiger partial charge in [-0.2, -0.15) is 0 Å². The fourth-order valence-electron chi connectivity index (χ4n) is 1.92. The van der Waals surface area contributed by atoms with Crippen molar-refractivity contribution in [2.75, 3.05) is 6.54 Å². The minimum Gasteiger partial charge on any atom is -0.491 e. The topological polar surface area (TPSA) is 95.1 Å². The van der Waals surface area contributed by atoms with Gasteiger partial charge in [0.05, 0.1) is 18.8 Å². The summed E-state index contributed by atoms with van der Waals surface area (Å²) in [5.74, 6) is 0.576. The molecule has 0 fully saturated rings. The van der Waals surface area contributed by atoms with Crippen LogP contribution in [0.15, 0.2) is 30.5 Å². The van der Waals surface area contributed by atoms with Crippen LogP contribution in [0.25, 0.3) is 0 Å². The number of benzene rings is 1. The van der Waals surface area contributed by atoms with Gasteiger partial charge in [-0.15, -0.1) is 5.10 Å². The zero-order valence-corrected chi connectivity index (χ0v) is 13.5. The molecule has 0 aliphatic heterocycles. The number of hydrogen-bond acceptors (Lipinski definition) is 5. The van der Waals surface area contributed by atoms with Crippen molar-refractivity contribution >= 4 is 5.91 Å². The molecule has 2 aromatic rings. The molecule has 7 heteroatoms. The highest BCUT2D eigenvalue weighted by Gasteiger charge is 2.10. The molecule has 1 amide bonds. The van der Waals surface area contributed by atoms with Crippen LogP contribution in [0.1, 0.15) is 36.3 Å². The average Bonchev–Trinajstić information content (AvgIpc) is 3.03. The Morgan fingerprint density at radius 1 is 1.39 bits per heavy atom. The van der Waals surface area contributed by atoms with E-state index < -0.39 is 0 Å². The van der Waals surface area contributed by atoms with Gasteiger partial charge in [0.1, 0.15) is 5.75 Å². The second-order valence-corrected chi connectivity index (χ2v) is 5.32. The average molecular weight is 317 g/mol. The second kappa shape index (κ2) is 8.28. The Bertz CT molecular complexity index is 624. The van der Waals surface area contributed by atoms with Gasteiger partial charge in [0.15, 0.2) is 5.69 Å². The molecular formula is C16H23N5O2. The number of hydrogen-bond donors (Lipinski definition) is 2. The van der Waals surface area contributed by atoms with Crippen LogP contribution in [0, 0.1) is 0 Å². The summed E-state index contributed by atoms with van der Waals surface area (Å²) in [4.78, 5) is 12.0. The minimum absolute atomic E-state index is 0.191. The fourth-order valence-corrected chi connectivity index (χ4v) is 1.92. The van der Waals surface area contributed by atoms with E-state index in [1.165, 1.54) is 0 Å². The number of nitrogens with zero attached hydrogens (tertiary/aromatic N) is 3. The molecule has 0 bridgehead atoms. The van der Waals surface area contributed by atoms with Gasteiger partial charge in [0.25, 0.3) is 5.91 Å². The molecule has 0 aliphatic carbocycles. The lowest BCUT2D eigenvalue weighted by Crippen LogP contribution is -2.23. The molecule has 0 saturated heterocycles. The van der Waals surface area contributed by atoms with E-state index in [0.29, 0.717) is 19.6 Å². The van der Waals surface area contributed by atoms with Gasteiger partial charge in [-0.25, -0.2) is 0 Å². The monoisotopic (exact) mass is 317 g/mol. The van der Waals surface area contributed by atoms with Crippen molar-refractivity contribution in [3.05, 3.63) is 41.7 Å². The van der Waals surface area contributed by atoms with Crippen molar-refractivity contribution in [3.8, 4) is 5.75 Å². The molecule has 0 spiro atoms. The van der Waals surface area contributed by atoms with Crippen molar-refractivity contribution in [1.29, 1.82) is 0 Å². The van der Waals surface area contributed by atoms with E-state index in [9.17, 15) is 4.79 Å². The molecule has 23 heavy (non-hydrogen) atoms. The largest absolute Gasteiger partial charge is 0.491 e. The van der Waals surface area contributed by atoms with E-state index in [2.05, 4.69) is 22.6 Å². The highest BCUT2D eigenvalue weighted by Crippen LogP contribution is 2.14. The van der Waals surface area contributed by atoms with Crippen molar-refractivity contribution in [2.45, 2.75) is 39.5 Å². The van der Waals surface area contributed by atoms with E-state index in [4.69, 9.17) is 10.5 Å². The predicted octanol–water partition coefficient (Wildman–Crippen LogP) is 1.34. The summed E-state index contributed by atoms with van der Waals surface area (Å²) in [6.07, 6.45) is 2.74. The van der Waals surface area contributed by atoms with Crippen LogP contribution in [0.3, 0.4) is 0 Å². The second-order valence-electron chi connectivity index (χ2n) is 5.32. The van der Waals surface area contributed by atoms with Crippen LogP contribution in [-0.4, -0.2) is 33.5 Å². The Morgan fingerprint density at radius 2 is 2.13 bits per heavy atom. The van der Waals surface area contributed by atoms with Crippen LogP contribution in [0.4, 0.5) is 0 Å². The molecule has 0 aliphatic rings. The summed E-state index contributed by atoms with van der Waals surface area (Å²) in [6.45, 7) is 5.53. The lowest BCUT2D eigenvalue weighted by molar-refractivity contribution is 0.0946. The van der Waals surface area contributed by atoms with Crippen LogP contribution in [0.2, 0.25) is 0 Å². The van der Waals surface area contributed by atoms with E-state index in [-0.39, 0.29) is 17.7 Å². The van der Waals surface area contributed by atoms with Gasteiger partial charge in [-0.05, 0) is 31.0 Å². The highest BCUT2D eigenvalue weighted by atomic mass is 16.5. The van der Waals surface area contributed by atoms with Crippen molar-refractivity contribution < 1.29 is 9.53 Å². The van der Waals surface area contributed by atoms with Crippen molar-refractivity contribution in [1.82, 2.24) is 20.3 Å². The van der Waals surface area contributed by atoms with Crippen molar-refractivity contribution in [3.63, 3.8) is 0 Å². The SMILES string of the molecule is CCC(C)Oc1ccc(CNC(=O)c2cn(CCN)nn2)cc1. The van der Waals surface area contributed by atoms with E-state index in [0.717, 1.165) is 17.7 Å². The fraction of sp³-hybridized carbons (Fsp3) is 0.438. The smallest absolute Gasteiger partial charge is 0.273 e. The van der Waals surface area contributed by atoms with Gasteiger partial charge >= 0.3 is 0 Å². The third-order valence-electron chi connectivity index (χ3n) is 3.42. The molecule has 124 valence electrons. The third-order valence-corrected chi connectivity index (χ3v) is 3.42. The number of nitrogens with one attached hydrogen (secondary N) is 1. The molecule has 0 radical (unpaired) electrons. The number of amides is 1. The number of rotatable bonds is 8. The summed E-state index contributed by atoms with van der Waals surface area (Å²) >= 11 is 0. The maximum Gasteiger partial charge on any atom is 0.273 e.